The van der Waals surface area contributed by atoms with Gasteiger partial charge in [-0.1, -0.05) is 6.92 Å². The minimum absolute atomic E-state index is 0.213. The van der Waals surface area contributed by atoms with Gasteiger partial charge < -0.3 is 0 Å². The molecule has 0 saturated carbocycles. The fourth-order valence-electron chi connectivity index (χ4n) is 1.98. The summed E-state index contributed by atoms with van der Waals surface area (Å²) in [5.41, 5.74) is 0. The minimum atomic E-state index is -9.21. The predicted octanol–water partition coefficient (Wildman–Crippen LogP) is 8.01. The molecule has 0 heterocycles. The smallest absolute Gasteiger partial charge is 0.203 e. The van der Waals surface area contributed by atoms with Crippen molar-refractivity contribution < 1.29 is 96.6 Å². The summed E-state index contributed by atoms with van der Waals surface area (Å²) in [6.07, 6.45) is -8.81. The SMILES string of the molecule is CCC(F)(F)C(F)(F)C(F)(F)C(F)(F)C(F)(F)C(F)(F)C(F)(F)C(F)(F)C(F)(F)C(F)(F)C(F)F. The van der Waals surface area contributed by atoms with Gasteiger partial charge in [0.2, 0.25) is 0 Å². The Bertz CT molecular complexity index is 759. The molecule has 0 aliphatic heterocycles. The van der Waals surface area contributed by atoms with Crippen LogP contribution in [0.1, 0.15) is 13.3 Å². The summed E-state index contributed by atoms with van der Waals surface area (Å²) in [5.74, 6) is -84.7. The van der Waals surface area contributed by atoms with Gasteiger partial charge in [0.25, 0.3) is 0 Å². The third-order valence-corrected chi connectivity index (χ3v) is 4.36. The molecule has 0 aromatic rings. The maximum atomic E-state index is 13.4. The summed E-state index contributed by atoms with van der Waals surface area (Å²) in [4.78, 5) is 0. The molecule has 0 spiro atoms. The lowest BCUT2D eigenvalue weighted by molar-refractivity contribution is -0.471. The largest absolute Gasteiger partial charge is 0.385 e. The normalized spacial score (nSPS) is 16.8. The summed E-state index contributed by atoms with van der Waals surface area (Å²) in [6.45, 7) is -0.213. The van der Waals surface area contributed by atoms with E-state index in [1.165, 1.54) is 0 Å². The molecule has 0 aromatic carbocycles. The second kappa shape index (κ2) is 8.23. The maximum absolute atomic E-state index is 13.4. The van der Waals surface area contributed by atoms with E-state index in [0.717, 1.165) is 0 Å². The molecule has 0 radical (unpaired) electrons. The van der Waals surface area contributed by atoms with Crippen LogP contribution in [0.5, 0.6) is 0 Å². The van der Waals surface area contributed by atoms with Crippen molar-refractivity contribution in [2.75, 3.05) is 0 Å². The zero-order valence-electron chi connectivity index (χ0n) is 15.6. The number of hydrogen-bond acceptors (Lipinski definition) is 0. The number of hydrogen-bond donors (Lipinski definition) is 0. The van der Waals surface area contributed by atoms with Gasteiger partial charge in [0, 0.05) is 6.42 Å². The van der Waals surface area contributed by atoms with Gasteiger partial charge in [0.1, 0.15) is 0 Å². The van der Waals surface area contributed by atoms with Crippen molar-refractivity contribution >= 4 is 0 Å². The number of rotatable bonds is 11. The molecule has 0 amide bonds. The molecule has 22 heteroatoms. The Balaban J connectivity index is 7.11. The Labute approximate surface area is 177 Å². The van der Waals surface area contributed by atoms with Crippen molar-refractivity contribution in [2.45, 2.75) is 79.0 Å². The maximum Gasteiger partial charge on any atom is 0.385 e. The molecule has 0 aliphatic carbocycles. The Hall–Kier alpha value is -1.54. The fourth-order valence-corrected chi connectivity index (χ4v) is 1.98. The lowest BCUT2D eigenvalue weighted by Crippen LogP contribution is -2.77. The Morgan fingerprint density at radius 1 is 0.371 bits per heavy atom. The molecule has 0 rings (SSSR count). The zero-order valence-corrected chi connectivity index (χ0v) is 15.6. The van der Waals surface area contributed by atoms with Gasteiger partial charge in [-0.3, -0.25) is 0 Å². The molecule has 0 N–H and O–H groups in total. The van der Waals surface area contributed by atoms with Gasteiger partial charge in [0.15, 0.2) is 0 Å². The van der Waals surface area contributed by atoms with Gasteiger partial charge in [-0.05, 0) is 0 Å². The van der Waals surface area contributed by atoms with E-state index in [9.17, 15) is 96.6 Å². The highest BCUT2D eigenvalue weighted by Crippen LogP contribution is 2.66. The van der Waals surface area contributed by atoms with Gasteiger partial charge in [-0.15, -0.1) is 0 Å². The Kier molecular flexibility index (Phi) is 7.87. The molecular weight excluding hydrogens is 574 g/mol. The Morgan fingerprint density at radius 3 is 0.771 bits per heavy atom. The first kappa shape index (κ1) is 33.5. The summed E-state index contributed by atoms with van der Waals surface area (Å²) in [5, 5.41) is 0. The van der Waals surface area contributed by atoms with Crippen LogP contribution >= 0.6 is 0 Å². The van der Waals surface area contributed by atoms with Crippen molar-refractivity contribution in [1.82, 2.24) is 0 Å². The van der Waals surface area contributed by atoms with E-state index in [2.05, 4.69) is 0 Å². The highest BCUT2D eigenvalue weighted by Gasteiger charge is 2.97. The third kappa shape index (κ3) is 3.85. The van der Waals surface area contributed by atoms with E-state index in [-0.39, 0.29) is 6.92 Å². The summed E-state index contributed by atoms with van der Waals surface area (Å²) >= 11 is 0. The first-order valence-electron chi connectivity index (χ1n) is 7.82. The van der Waals surface area contributed by atoms with Crippen LogP contribution in [0.3, 0.4) is 0 Å². The van der Waals surface area contributed by atoms with Crippen LogP contribution in [0.4, 0.5) is 96.6 Å². The zero-order chi connectivity index (χ0) is 29.3. The molecule has 0 nitrogen and oxygen atoms in total. The van der Waals surface area contributed by atoms with Crippen molar-refractivity contribution in [2.24, 2.45) is 0 Å². The van der Waals surface area contributed by atoms with Gasteiger partial charge >= 0.3 is 65.7 Å². The highest BCUT2D eigenvalue weighted by atomic mass is 19.4. The topological polar surface area (TPSA) is 0 Å². The average Bonchev–Trinajstić information content (AvgIpc) is 2.66. The van der Waals surface area contributed by atoms with Gasteiger partial charge in [-0.25, -0.2) is 8.78 Å². The van der Waals surface area contributed by atoms with E-state index in [1.807, 2.05) is 0 Å². The van der Waals surface area contributed by atoms with Crippen molar-refractivity contribution in [1.29, 1.82) is 0 Å². The van der Waals surface area contributed by atoms with Crippen LogP contribution in [0, 0.1) is 0 Å². The monoisotopic (exact) mass is 580 g/mol. The third-order valence-electron chi connectivity index (χ3n) is 4.36. The van der Waals surface area contributed by atoms with Crippen LogP contribution < -0.4 is 0 Å². The molecular formula is C13H6F22. The summed E-state index contributed by atoms with van der Waals surface area (Å²) < 4.78 is 287. The van der Waals surface area contributed by atoms with Crippen LogP contribution in [-0.2, 0) is 0 Å². The first-order chi connectivity index (χ1) is 14.8. The van der Waals surface area contributed by atoms with Crippen LogP contribution in [0.25, 0.3) is 0 Å². The molecule has 0 aromatic heterocycles. The minimum Gasteiger partial charge on any atom is -0.203 e. The van der Waals surface area contributed by atoms with Gasteiger partial charge in [0.05, 0.1) is 0 Å². The summed E-state index contributed by atoms with van der Waals surface area (Å²) in [7, 11) is 0. The lowest BCUT2D eigenvalue weighted by Gasteiger charge is -2.45. The van der Waals surface area contributed by atoms with Gasteiger partial charge in [-0.2, -0.15) is 87.8 Å². The Morgan fingerprint density at radius 2 is 0.571 bits per heavy atom. The standard InChI is InChI=1S/C13H6F22/c1-2-4(16,17)6(20,21)8(24,25)10(28,29)12(32,33)13(34,35)11(30,31)9(26,27)7(22,23)5(18,19)3(14)15/h3H,2H2,1H3. The molecule has 35 heavy (non-hydrogen) atoms. The van der Waals surface area contributed by atoms with Crippen molar-refractivity contribution in [3.63, 3.8) is 0 Å². The second-order valence-electron chi connectivity index (χ2n) is 6.58. The molecule has 0 aliphatic rings. The van der Waals surface area contributed by atoms with Crippen molar-refractivity contribution in [3.8, 4) is 0 Å². The molecule has 0 bridgehead atoms. The average molecular weight is 580 g/mol. The van der Waals surface area contributed by atoms with Crippen LogP contribution in [0.15, 0.2) is 0 Å². The van der Waals surface area contributed by atoms with E-state index in [4.69, 9.17) is 0 Å². The van der Waals surface area contributed by atoms with Crippen molar-refractivity contribution in [3.05, 3.63) is 0 Å². The predicted molar refractivity (Wildman–Crippen MR) is 65.8 cm³/mol. The van der Waals surface area contributed by atoms with E-state index in [1.54, 1.807) is 0 Å². The molecule has 212 valence electrons. The summed E-state index contributed by atoms with van der Waals surface area (Å²) in [6, 6.07) is 0. The molecule has 0 atom stereocenters. The quantitative estimate of drug-likeness (QED) is 0.217. The molecule has 0 saturated heterocycles. The van der Waals surface area contributed by atoms with E-state index < -0.39 is 72.1 Å². The molecule has 0 unspecified atom stereocenters. The molecule has 0 fully saturated rings. The van der Waals surface area contributed by atoms with E-state index in [0.29, 0.717) is 0 Å². The van der Waals surface area contributed by atoms with Crippen LogP contribution in [0.2, 0.25) is 0 Å². The fraction of sp³-hybridized carbons (Fsp3) is 1.00. The van der Waals surface area contributed by atoms with E-state index >= 15 is 0 Å². The number of halogens is 22. The first-order valence-corrected chi connectivity index (χ1v) is 7.82. The lowest BCUT2D eigenvalue weighted by atomic mass is 9.85. The number of alkyl halides is 22. The second-order valence-corrected chi connectivity index (χ2v) is 6.58. The highest BCUT2D eigenvalue weighted by molar-refractivity contribution is 5.18. The van der Waals surface area contributed by atoms with Crippen LogP contribution in [-0.4, -0.2) is 65.7 Å².